The molecule has 0 amide bonds. The monoisotopic (exact) mass is 649 g/mol. The number of carbonyl (C=O) groups is 3. The minimum Gasteiger partial charge on any atom is -0.462 e. The van der Waals surface area contributed by atoms with Gasteiger partial charge in [0.15, 0.2) is 6.10 Å². The second-order valence-electron chi connectivity index (χ2n) is 12.9. The van der Waals surface area contributed by atoms with Gasteiger partial charge in [0.25, 0.3) is 0 Å². The van der Waals surface area contributed by atoms with Gasteiger partial charge in [0.05, 0.1) is 0 Å². The van der Waals surface area contributed by atoms with E-state index in [1.165, 1.54) is 103 Å². The predicted octanol–water partition coefficient (Wildman–Crippen LogP) is 11.7. The number of unbranched alkanes of at least 4 members (excludes halogenated alkanes) is 20. The maximum Gasteiger partial charge on any atom is 0.306 e. The van der Waals surface area contributed by atoms with Gasteiger partial charge in [-0.25, -0.2) is 0 Å². The molecule has 0 aliphatic heterocycles. The molecule has 0 radical (unpaired) electrons. The van der Waals surface area contributed by atoms with Crippen molar-refractivity contribution in [3.63, 3.8) is 0 Å². The van der Waals surface area contributed by atoms with Crippen molar-refractivity contribution in [2.24, 2.45) is 0 Å². The zero-order valence-corrected chi connectivity index (χ0v) is 30.3. The summed E-state index contributed by atoms with van der Waals surface area (Å²) in [6.07, 6.45) is 37.4. The van der Waals surface area contributed by atoms with E-state index in [-0.39, 0.29) is 37.5 Å². The highest BCUT2D eigenvalue weighted by atomic mass is 16.6. The third-order valence-electron chi connectivity index (χ3n) is 8.24. The summed E-state index contributed by atoms with van der Waals surface area (Å²) >= 11 is 0. The van der Waals surface area contributed by atoms with E-state index in [0.29, 0.717) is 19.3 Å². The summed E-state index contributed by atoms with van der Waals surface area (Å²) in [4.78, 5) is 36.6. The van der Waals surface area contributed by atoms with Crippen molar-refractivity contribution in [3.8, 4) is 0 Å². The molecule has 0 N–H and O–H groups in total. The number of ether oxygens (including phenoxy) is 3. The van der Waals surface area contributed by atoms with Gasteiger partial charge >= 0.3 is 17.9 Å². The van der Waals surface area contributed by atoms with Crippen LogP contribution in [-0.2, 0) is 28.6 Å². The van der Waals surface area contributed by atoms with Crippen LogP contribution >= 0.6 is 0 Å². The van der Waals surface area contributed by atoms with Crippen molar-refractivity contribution in [3.05, 3.63) is 24.3 Å². The Morgan fingerprint density at radius 1 is 0.457 bits per heavy atom. The number of carbonyl (C=O) groups excluding carboxylic acids is 3. The third kappa shape index (κ3) is 33.3. The summed E-state index contributed by atoms with van der Waals surface area (Å²) in [5.74, 6) is -0.957. The Balaban J connectivity index is 3.92. The van der Waals surface area contributed by atoms with E-state index in [0.717, 1.165) is 44.9 Å². The summed E-state index contributed by atoms with van der Waals surface area (Å²) in [6, 6.07) is 0. The fraction of sp³-hybridized carbons (Fsp3) is 0.825. The normalized spacial score (nSPS) is 12.2. The van der Waals surface area contributed by atoms with E-state index in [4.69, 9.17) is 14.2 Å². The van der Waals surface area contributed by atoms with E-state index in [1.807, 2.05) is 6.92 Å². The quantitative estimate of drug-likeness (QED) is 0.0299. The van der Waals surface area contributed by atoms with Crippen LogP contribution in [0.15, 0.2) is 24.3 Å². The first-order valence-corrected chi connectivity index (χ1v) is 19.3. The Morgan fingerprint density at radius 3 is 1.26 bits per heavy atom. The highest BCUT2D eigenvalue weighted by Gasteiger charge is 2.19. The number of rotatable bonds is 34. The van der Waals surface area contributed by atoms with Crippen LogP contribution in [0.4, 0.5) is 0 Å². The van der Waals surface area contributed by atoms with Crippen molar-refractivity contribution in [2.75, 3.05) is 13.2 Å². The van der Waals surface area contributed by atoms with E-state index < -0.39 is 6.10 Å². The maximum atomic E-state index is 12.3. The van der Waals surface area contributed by atoms with Gasteiger partial charge in [-0.05, 0) is 64.7 Å². The first kappa shape index (κ1) is 43.9. The Morgan fingerprint density at radius 2 is 0.848 bits per heavy atom. The lowest BCUT2D eigenvalue weighted by atomic mass is 10.1. The molecule has 0 aromatic carbocycles. The van der Waals surface area contributed by atoms with Gasteiger partial charge in [0.1, 0.15) is 13.2 Å². The molecule has 6 heteroatoms. The molecule has 1 atom stereocenters. The van der Waals surface area contributed by atoms with Crippen LogP contribution in [0.3, 0.4) is 0 Å². The lowest BCUT2D eigenvalue weighted by molar-refractivity contribution is -0.166. The van der Waals surface area contributed by atoms with Crippen molar-refractivity contribution >= 4 is 17.9 Å². The lowest BCUT2D eigenvalue weighted by Gasteiger charge is -2.18. The van der Waals surface area contributed by atoms with Crippen LogP contribution < -0.4 is 0 Å². The van der Waals surface area contributed by atoms with Crippen LogP contribution in [0.2, 0.25) is 0 Å². The minimum atomic E-state index is -0.764. The molecule has 0 aromatic heterocycles. The summed E-state index contributed by atoms with van der Waals surface area (Å²) in [7, 11) is 0. The van der Waals surface area contributed by atoms with Gasteiger partial charge in [-0.2, -0.15) is 0 Å². The number of esters is 3. The van der Waals surface area contributed by atoms with Crippen LogP contribution in [0.25, 0.3) is 0 Å². The van der Waals surface area contributed by atoms with E-state index in [2.05, 4.69) is 38.2 Å². The Hall–Kier alpha value is -2.11. The molecule has 0 fully saturated rings. The van der Waals surface area contributed by atoms with Gasteiger partial charge in [0, 0.05) is 19.3 Å². The second-order valence-corrected chi connectivity index (χ2v) is 12.9. The second kappa shape index (κ2) is 35.7. The molecule has 0 aliphatic rings. The molecular weight excluding hydrogens is 576 g/mol. The van der Waals surface area contributed by atoms with Crippen LogP contribution in [0.1, 0.15) is 194 Å². The molecule has 6 nitrogen and oxygen atoms in total. The van der Waals surface area contributed by atoms with Crippen molar-refractivity contribution in [1.29, 1.82) is 0 Å². The summed E-state index contributed by atoms with van der Waals surface area (Å²) in [5, 5.41) is 0. The van der Waals surface area contributed by atoms with Gasteiger partial charge < -0.3 is 14.2 Å². The summed E-state index contributed by atoms with van der Waals surface area (Å²) in [6.45, 7) is 6.06. The Bertz CT molecular complexity index is 759. The van der Waals surface area contributed by atoms with Crippen molar-refractivity contribution in [2.45, 2.75) is 200 Å². The fourth-order valence-electron chi connectivity index (χ4n) is 5.36. The molecular formula is C40H72O6. The number of hydrogen-bond acceptors (Lipinski definition) is 6. The highest BCUT2D eigenvalue weighted by molar-refractivity contribution is 5.71. The molecule has 268 valence electrons. The summed E-state index contributed by atoms with van der Waals surface area (Å²) in [5.41, 5.74) is 0. The molecule has 0 aromatic rings. The number of allylic oxidation sites excluding steroid dienone is 4. The fourth-order valence-corrected chi connectivity index (χ4v) is 5.36. The molecule has 0 heterocycles. The van der Waals surface area contributed by atoms with E-state index >= 15 is 0 Å². The third-order valence-corrected chi connectivity index (χ3v) is 8.24. The van der Waals surface area contributed by atoms with Gasteiger partial charge in [-0.3, -0.25) is 14.4 Å². The highest BCUT2D eigenvalue weighted by Crippen LogP contribution is 2.13. The predicted molar refractivity (Wildman–Crippen MR) is 192 cm³/mol. The molecule has 0 rings (SSSR count). The first-order chi connectivity index (χ1) is 22.5. The van der Waals surface area contributed by atoms with E-state index in [1.54, 1.807) is 0 Å². The molecule has 46 heavy (non-hydrogen) atoms. The van der Waals surface area contributed by atoms with Gasteiger partial charge in [-0.15, -0.1) is 0 Å². The molecule has 0 bridgehead atoms. The Kier molecular flexibility index (Phi) is 34.1. The topological polar surface area (TPSA) is 78.9 Å². The molecule has 0 saturated heterocycles. The number of hydrogen-bond donors (Lipinski definition) is 0. The standard InChI is InChI=1S/C40H72O6/c1-4-7-9-11-13-15-17-18-19-20-21-22-23-25-27-29-31-34-39(42)45-36-37(46-40(43)32-6-3)35-44-38(41)33-30-28-26-24-16-14-12-10-8-5-2/h5,8,18-19,37H,4,6-7,9-17,20-36H2,1-3H3/b8-5-,19-18?. The van der Waals surface area contributed by atoms with Crippen LogP contribution in [-0.4, -0.2) is 37.2 Å². The zero-order valence-electron chi connectivity index (χ0n) is 30.3. The smallest absolute Gasteiger partial charge is 0.306 e. The SMILES string of the molecule is C/C=C\CCCCCCCCCC(=O)OCC(COC(=O)CCCCCCCCCC=CCCCCCCCC)OC(=O)CCC. The van der Waals surface area contributed by atoms with Crippen LogP contribution in [0.5, 0.6) is 0 Å². The average molecular weight is 649 g/mol. The average Bonchev–Trinajstić information content (AvgIpc) is 3.04. The van der Waals surface area contributed by atoms with Gasteiger partial charge in [-0.1, -0.05) is 134 Å². The zero-order chi connectivity index (χ0) is 33.8. The Labute approximate surface area is 283 Å². The molecule has 1 unspecified atom stereocenters. The molecule has 0 aliphatic carbocycles. The molecule has 0 saturated carbocycles. The lowest BCUT2D eigenvalue weighted by Crippen LogP contribution is -2.30. The largest absolute Gasteiger partial charge is 0.462 e. The first-order valence-electron chi connectivity index (χ1n) is 19.3. The van der Waals surface area contributed by atoms with Gasteiger partial charge in [0.2, 0.25) is 0 Å². The van der Waals surface area contributed by atoms with Crippen LogP contribution in [0, 0.1) is 0 Å². The van der Waals surface area contributed by atoms with E-state index in [9.17, 15) is 14.4 Å². The molecule has 0 spiro atoms. The van der Waals surface area contributed by atoms with Crippen molar-refractivity contribution in [1.82, 2.24) is 0 Å². The maximum absolute atomic E-state index is 12.3. The summed E-state index contributed by atoms with van der Waals surface area (Å²) < 4.78 is 16.2. The minimum absolute atomic E-state index is 0.0803. The van der Waals surface area contributed by atoms with Crippen molar-refractivity contribution < 1.29 is 28.6 Å².